The van der Waals surface area contributed by atoms with Crippen molar-refractivity contribution in [2.45, 2.75) is 60.5 Å². The van der Waals surface area contributed by atoms with E-state index in [1.165, 1.54) is 17.8 Å². The van der Waals surface area contributed by atoms with Crippen molar-refractivity contribution in [2.24, 2.45) is 17.8 Å². The SMILES string of the molecule is C=CCOC(=O)[C@H]1[C@@H]2SC3(CC2Br)C(C(=O)N(CC=C)c2c(C)cccc2Cl)N([C@@H](CO)CC(C)C)C(=O)[C@H]13. The van der Waals surface area contributed by atoms with Crippen LogP contribution in [-0.2, 0) is 19.1 Å². The summed E-state index contributed by atoms with van der Waals surface area (Å²) in [5.41, 5.74) is 1.38. The van der Waals surface area contributed by atoms with Crippen LogP contribution in [0.2, 0.25) is 5.02 Å². The summed E-state index contributed by atoms with van der Waals surface area (Å²) in [6, 6.07) is 3.95. The van der Waals surface area contributed by atoms with E-state index < -0.39 is 34.6 Å². The zero-order chi connectivity index (χ0) is 28.6. The molecule has 3 heterocycles. The maximum Gasteiger partial charge on any atom is 0.311 e. The Bertz CT molecular complexity index is 1140. The lowest BCUT2D eigenvalue weighted by Gasteiger charge is -2.40. The van der Waals surface area contributed by atoms with Crippen LogP contribution < -0.4 is 4.90 Å². The molecule has 2 bridgehead atoms. The van der Waals surface area contributed by atoms with Crippen LogP contribution >= 0.6 is 39.3 Å². The minimum absolute atomic E-state index is 0.0468. The molecule has 1 N–H and O–H groups in total. The van der Waals surface area contributed by atoms with Crippen LogP contribution in [0.3, 0.4) is 0 Å². The first-order valence-corrected chi connectivity index (χ1v) is 15.4. The number of ether oxygens (including phenoxy) is 1. The number of para-hydroxylation sites is 1. The van der Waals surface area contributed by atoms with E-state index in [-0.39, 0.29) is 47.6 Å². The molecule has 10 heteroatoms. The van der Waals surface area contributed by atoms with E-state index in [0.29, 0.717) is 23.6 Å². The summed E-state index contributed by atoms with van der Waals surface area (Å²) < 4.78 is 4.59. The number of likely N-dealkylation sites (tertiary alicyclic amines) is 1. The zero-order valence-corrected chi connectivity index (χ0v) is 25.7. The maximum atomic E-state index is 14.8. The van der Waals surface area contributed by atoms with Crippen molar-refractivity contribution < 1.29 is 24.2 Å². The number of fused-ring (bicyclic) bond motifs is 1. The van der Waals surface area contributed by atoms with Gasteiger partial charge in [0, 0.05) is 16.6 Å². The lowest BCUT2D eigenvalue weighted by atomic mass is 9.71. The number of aliphatic hydroxyl groups is 1. The fraction of sp³-hybridized carbons (Fsp3) is 0.552. The Kier molecular flexibility index (Phi) is 9.25. The van der Waals surface area contributed by atoms with Crippen LogP contribution in [0.1, 0.15) is 32.3 Å². The topological polar surface area (TPSA) is 87.2 Å². The highest BCUT2D eigenvalue weighted by Gasteiger charge is 2.76. The summed E-state index contributed by atoms with van der Waals surface area (Å²) in [5.74, 6) is -2.32. The molecule has 1 aromatic carbocycles. The molecule has 3 saturated heterocycles. The molecule has 0 aromatic heterocycles. The van der Waals surface area contributed by atoms with Crippen LogP contribution in [0.5, 0.6) is 0 Å². The number of esters is 1. The predicted molar refractivity (Wildman–Crippen MR) is 159 cm³/mol. The zero-order valence-electron chi connectivity index (χ0n) is 22.5. The van der Waals surface area contributed by atoms with Crippen molar-refractivity contribution in [2.75, 3.05) is 24.7 Å². The third-order valence-corrected chi connectivity index (χ3v) is 11.5. The largest absolute Gasteiger partial charge is 0.461 e. The van der Waals surface area contributed by atoms with Crippen molar-refractivity contribution in [1.29, 1.82) is 0 Å². The fourth-order valence-electron chi connectivity index (χ4n) is 6.60. The average molecular weight is 640 g/mol. The van der Waals surface area contributed by atoms with Gasteiger partial charge in [0.1, 0.15) is 12.6 Å². The fourth-order valence-corrected chi connectivity index (χ4v) is 10.5. The Morgan fingerprint density at radius 2 is 2.08 bits per heavy atom. The molecule has 4 rings (SSSR count). The Morgan fingerprint density at radius 3 is 2.67 bits per heavy atom. The van der Waals surface area contributed by atoms with Gasteiger partial charge in [-0.25, -0.2) is 0 Å². The number of carbonyl (C=O) groups is 3. The smallest absolute Gasteiger partial charge is 0.311 e. The maximum absolute atomic E-state index is 14.8. The Balaban J connectivity index is 1.87. The van der Waals surface area contributed by atoms with E-state index in [4.69, 9.17) is 16.3 Å². The molecule has 0 radical (unpaired) electrons. The Morgan fingerprint density at radius 1 is 1.36 bits per heavy atom. The van der Waals surface area contributed by atoms with Crippen LogP contribution in [0.4, 0.5) is 5.69 Å². The summed E-state index contributed by atoms with van der Waals surface area (Å²) in [5, 5.41) is 10.7. The van der Waals surface area contributed by atoms with Crippen molar-refractivity contribution in [3.05, 3.63) is 54.1 Å². The van der Waals surface area contributed by atoms with Crippen LogP contribution in [0, 0.1) is 24.7 Å². The molecule has 212 valence electrons. The number of aliphatic hydroxyl groups excluding tert-OH is 1. The monoisotopic (exact) mass is 638 g/mol. The van der Waals surface area contributed by atoms with Gasteiger partial charge in [0.2, 0.25) is 5.91 Å². The first-order chi connectivity index (χ1) is 18.5. The normalized spacial score (nSPS) is 29.9. The Labute approximate surface area is 248 Å². The van der Waals surface area contributed by atoms with E-state index in [0.717, 1.165) is 5.56 Å². The van der Waals surface area contributed by atoms with Gasteiger partial charge in [-0.1, -0.05) is 72.2 Å². The minimum Gasteiger partial charge on any atom is -0.461 e. The van der Waals surface area contributed by atoms with E-state index >= 15 is 0 Å². The molecule has 3 aliphatic heterocycles. The second-order valence-corrected chi connectivity index (χ2v) is 14.1. The van der Waals surface area contributed by atoms with E-state index in [2.05, 4.69) is 29.1 Å². The second kappa shape index (κ2) is 12.0. The number of aryl methyl sites for hydroxylation is 1. The summed E-state index contributed by atoms with van der Waals surface area (Å²) in [6.45, 7) is 13.4. The molecule has 0 saturated carbocycles. The number of halogens is 2. The molecule has 0 aliphatic carbocycles. The van der Waals surface area contributed by atoms with Gasteiger partial charge in [-0.15, -0.1) is 18.3 Å². The Hall–Kier alpha value is -1.81. The molecule has 2 amide bonds. The first kappa shape index (κ1) is 30.2. The molecule has 1 aromatic rings. The van der Waals surface area contributed by atoms with Crippen LogP contribution in [0.15, 0.2) is 43.5 Å². The van der Waals surface area contributed by atoms with Crippen molar-refractivity contribution in [1.82, 2.24) is 4.90 Å². The molecular weight excluding hydrogens is 604 g/mol. The summed E-state index contributed by atoms with van der Waals surface area (Å²) >= 11 is 11.9. The van der Waals surface area contributed by atoms with Gasteiger partial charge in [-0.3, -0.25) is 14.4 Å². The highest BCUT2D eigenvalue weighted by Crippen LogP contribution is 2.68. The number of hydrogen-bond acceptors (Lipinski definition) is 6. The lowest BCUT2D eigenvalue weighted by molar-refractivity contribution is -0.153. The number of anilines is 1. The van der Waals surface area contributed by atoms with Gasteiger partial charge < -0.3 is 19.6 Å². The summed E-state index contributed by atoms with van der Waals surface area (Å²) in [4.78, 5) is 45.5. The molecule has 3 fully saturated rings. The molecule has 3 unspecified atom stereocenters. The third-order valence-electron chi connectivity index (χ3n) is 7.96. The van der Waals surface area contributed by atoms with E-state index in [1.54, 1.807) is 21.9 Å². The molecule has 7 nitrogen and oxygen atoms in total. The molecule has 1 spiro atoms. The summed E-state index contributed by atoms with van der Waals surface area (Å²) in [7, 11) is 0. The standard InChI is InChI=1S/C29H36BrClN2O5S/c1-6-11-32(23-17(5)9-8-10-20(23)31)27(36)25-29-14-19(30)24(39-29)21(28(37)38-12-7-2)22(29)26(35)33(25)18(15-34)13-16(3)4/h6-10,16,18-19,21-22,24-25,34H,1-2,11-15H2,3-5H3/t18-,19?,21-,22+,24-,25?,29?/m1/s1. The quantitative estimate of drug-likeness (QED) is 0.213. The number of alkyl halides is 1. The van der Waals surface area contributed by atoms with E-state index in [9.17, 15) is 19.5 Å². The van der Waals surface area contributed by atoms with Gasteiger partial charge >= 0.3 is 5.97 Å². The number of thioether (sulfide) groups is 1. The van der Waals surface area contributed by atoms with Gasteiger partial charge in [-0.2, -0.15) is 0 Å². The van der Waals surface area contributed by atoms with E-state index in [1.807, 2.05) is 32.9 Å². The first-order valence-electron chi connectivity index (χ1n) is 13.2. The van der Waals surface area contributed by atoms with Gasteiger partial charge in [0.05, 0.1) is 39.9 Å². The van der Waals surface area contributed by atoms with Crippen molar-refractivity contribution >= 4 is 62.8 Å². The number of amides is 2. The van der Waals surface area contributed by atoms with Gasteiger partial charge in [-0.05, 0) is 37.3 Å². The van der Waals surface area contributed by atoms with Crippen molar-refractivity contribution in [3.63, 3.8) is 0 Å². The highest BCUT2D eigenvalue weighted by molar-refractivity contribution is 9.09. The number of hydrogen-bond donors (Lipinski definition) is 1. The molecule has 7 atom stereocenters. The van der Waals surface area contributed by atoms with Gasteiger partial charge in [0.15, 0.2) is 0 Å². The van der Waals surface area contributed by atoms with Crippen LogP contribution in [0.25, 0.3) is 0 Å². The second-order valence-electron chi connectivity index (χ2n) is 10.9. The highest BCUT2D eigenvalue weighted by atomic mass is 79.9. The summed E-state index contributed by atoms with van der Waals surface area (Å²) in [6.07, 6.45) is 4.17. The average Bonchev–Trinajstić information content (AvgIpc) is 3.48. The third kappa shape index (κ3) is 5.09. The van der Waals surface area contributed by atoms with Crippen molar-refractivity contribution in [3.8, 4) is 0 Å². The molecule has 3 aliphatic rings. The lowest BCUT2D eigenvalue weighted by Crippen LogP contribution is -2.58. The van der Waals surface area contributed by atoms with Gasteiger partial charge in [0.25, 0.3) is 5.91 Å². The number of benzene rings is 1. The number of rotatable bonds is 11. The molecular formula is C29H36BrClN2O5S. The predicted octanol–water partition coefficient (Wildman–Crippen LogP) is 4.77. The number of nitrogens with zero attached hydrogens (tertiary/aromatic N) is 2. The minimum atomic E-state index is -0.909. The molecule has 39 heavy (non-hydrogen) atoms. The van der Waals surface area contributed by atoms with Crippen LogP contribution in [-0.4, -0.2) is 74.5 Å². The number of carbonyl (C=O) groups excluding carboxylic acids is 3.